The van der Waals surface area contributed by atoms with Crippen LogP contribution in [0.15, 0.2) is 48.8 Å². The van der Waals surface area contributed by atoms with E-state index in [0.717, 1.165) is 30.8 Å². The summed E-state index contributed by atoms with van der Waals surface area (Å²) >= 11 is 0. The van der Waals surface area contributed by atoms with Crippen LogP contribution >= 0.6 is 0 Å². The minimum absolute atomic E-state index is 0.0469. The zero-order valence-electron chi connectivity index (χ0n) is 17.4. The van der Waals surface area contributed by atoms with Crippen LogP contribution in [-0.4, -0.2) is 54.9 Å². The van der Waals surface area contributed by atoms with E-state index in [0.29, 0.717) is 6.54 Å². The molecular formula is C23H30N4O2. The minimum Gasteiger partial charge on any atom is -0.372 e. The third-order valence-corrected chi connectivity index (χ3v) is 5.47. The SMILES string of the molecule is CC(=O)N(CC(=O)N(C)CCc1ccncc1)c1ccc(N2CCCCC2)cc1. The van der Waals surface area contributed by atoms with Crippen LogP contribution in [0, 0.1) is 0 Å². The molecule has 0 atom stereocenters. The number of carbonyl (C=O) groups is 2. The average Bonchev–Trinajstić information content (AvgIpc) is 2.77. The Kier molecular flexibility index (Phi) is 7.22. The summed E-state index contributed by atoms with van der Waals surface area (Å²) in [6.07, 6.45) is 8.01. The predicted octanol–water partition coefficient (Wildman–Crippen LogP) is 3.13. The molecule has 1 aromatic heterocycles. The maximum Gasteiger partial charge on any atom is 0.242 e. The lowest BCUT2D eigenvalue weighted by molar-refractivity contribution is -0.130. The summed E-state index contributed by atoms with van der Waals surface area (Å²) < 4.78 is 0. The van der Waals surface area contributed by atoms with Crippen LogP contribution in [0.4, 0.5) is 11.4 Å². The van der Waals surface area contributed by atoms with E-state index in [9.17, 15) is 9.59 Å². The molecule has 2 heterocycles. The first-order valence-corrected chi connectivity index (χ1v) is 10.3. The van der Waals surface area contributed by atoms with Gasteiger partial charge in [0.15, 0.2) is 0 Å². The molecule has 6 nitrogen and oxygen atoms in total. The number of hydrogen-bond acceptors (Lipinski definition) is 4. The van der Waals surface area contributed by atoms with E-state index in [-0.39, 0.29) is 18.4 Å². The lowest BCUT2D eigenvalue weighted by Crippen LogP contribution is -2.41. The molecule has 1 aliphatic rings. The Morgan fingerprint density at radius 2 is 1.66 bits per heavy atom. The molecule has 3 rings (SSSR count). The third-order valence-electron chi connectivity index (χ3n) is 5.47. The zero-order chi connectivity index (χ0) is 20.6. The average molecular weight is 395 g/mol. The standard InChI is InChI=1S/C23H30N4O2/c1-19(28)27(18-23(29)25(2)17-12-20-10-13-24-14-11-20)22-8-6-21(7-9-22)26-15-4-3-5-16-26/h6-11,13-14H,3-5,12,15-18H2,1-2H3. The lowest BCUT2D eigenvalue weighted by atomic mass is 10.1. The number of nitrogens with zero attached hydrogens (tertiary/aromatic N) is 4. The van der Waals surface area contributed by atoms with Gasteiger partial charge in [0.05, 0.1) is 0 Å². The Morgan fingerprint density at radius 1 is 1.00 bits per heavy atom. The number of hydrogen-bond donors (Lipinski definition) is 0. The van der Waals surface area contributed by atoms with E-state index >= 15 is 0 Å². The van der Waals surface area contributed by atoms with Crippen molar-refractivity contribution in [1.82, 2.24) is 9.88 Å². The molecule has 1 aliphatic heterocycles. The number of benzene rings is 1. The van der Waals surface area contributed by atoms with Gasteiger partial charge in [0.25, 0.3) is 0 Å². The molecule has 2 amide bonds. The topological polar surface area (TPSA) is 56.8 Å². The van der Waals surface area contributed by atoms with Gasteiger partial charge in [0.1, 0.15) is 6.54 Å². The molecule has 1 aromatic carbocycles. The summed E-state index contributed by atoms with van der Waals surface area (Å²) in [5.74, 6) is -0.207. The summed E-state index contributed by atoms with van der Waals surface area (Å²) in [4.78, 5) is 34.5. The fourth-order valence-corrected chi connectivity index (χ4v) is 3.61. The van der Waals surface area contributed by atoms with Crippen LogP contribution in [0.2, 0.25) is 0 Å². The molecule has 0 saturated carbocycles. The number of carbonyl (C=O) groups excluding carboxylic acids is 2. The molecule has 154 valence electrons. The Labute approximate surface area is 173 Å². The van der Waals surface area contributed by atoms with Gasteiger partial charge in [-0.2, -0.15) is 0 Å². The smallest absolute Gasteiger partial charge is 0.242 e. The second kappa shape index (κ2) is 10.0. The van der Waals surface area contributed by atoms with Gasteiger partial charge in [-0.1, -0.05) is 0 Å². The van der Waals surface area contributed by atoms with E-state index in [4.69, 9.17) is 0 Å². The molecule has 0 bridgehead atoms. The van der Waals surface area contributed by atoms with Crippen LogP contribution < -0.4 is 9.80 Å². The number of pyridine rings is 1. The van der Waals surface area contributed by atoms with Gasteiger partial charge in [-0.15, -0.1) is 0 Å². The number of amides is 2. The van der Waals surface area contributed by atoms with Crippen molar-refractivity contribution < 1.29 is 9.59 Å². The molecule has 0 unspecified atom stereocenters. The van der Waals surface area contributed by atoms with Crippen molar-refractivity contribution in [2.75, 3.05) is 43.0 Å². The Hall–Kier alpha value is -2.89. The zero-order valence-corrected chi connectivity index (χ0v) is 17.4. The second-order valence-electron chi connectivity index (χ2n) is 7.59. The van der Waals surface area contributed by atoms with Gasteiger partial charge in [-0.05, 0) is 67.6 Å². The van der Waals surface area contributed by atoms with Gasteiger partial charge in [-0.3, -0.25) is 14.6 Å². The number of rotatable bonds is 7. The maximum atomic E-state index is 12.7. The highest BCUT2D eigenvalue weighted by atomic mass is 16.2. The van der Waals surface area contributed by atoms with Crippen LogP contribution in [0.1, 0.15) is 31.7 Å². The number of aromatic nitrogens is 1. The van der Waals surface area contributed by atoms with Gasteiger partial charge in [-0.25, -0.2) is 0 Å². The molecule has 1 saturated heterocycles. The highest BCUT2D eigenvalue weighted by molar-refractivity contribution is 5.97. The summed E-state index contributed by atoms with van der Waals surface area (Å²) in [5, 5.41) is 0. The Morgan fingerprint density at radius 3 is 2.28 bits per heavy atom. The number of piperidine rings is 1. The monoisotopic (exact) mass is 394 g/mol. The Bertz CT molecular complexity index is 801. The van der Waals surface area contributed by atoms with Gasteiger partial charge >= 0.3 is 0 Å². The maximum absolute atomic E-state index is 12.7. The molecule has 0 radical (unpaired) electrons. The van der Waals surface area contributed by atoms with Crippen LogP contribution in [-0.2, 0) is 16.0 Å². The van der Waals surface area contributed by atoms with Crippen LogP contribution in [0.3, 0.4) is 0 Å². The van der Waals surface area contributed by atoms with E-state index in [1.54, 1.807) is 29.2 Å². The van der Waals surface area contributed by atoms with E-state index in [1.807, 2.05) is 36.4 Å². The molecule has 0 spiro atoms. The van der Waals surface area contributed by atoms with E-state index in [2.05, 4.69) is 9.88 Å². The fourth-order valence-electron chi connectivity index (χ4n) is 3.61. The number of anilines is 2. The van der Waals surface area contributed by atoms with Gasteiger partial charge < -0.3 is 14.7 Å². The van der Waals surface area contributed by atoms with Crippen molar-refractivity contribution in [2.45, 2.75) is 32.6 Å². The van der Waals surface area contributed by atoms with E-state index in [1.165, 1.54) is 31.9 Å². The first kappa shape index (κ1) is 20.8. The quantitative estimate of drug-likeness (QED) is 0.724. The largest absolute Gasteiger partial charge is 0.372 e. The van der Waals surface area contributed by atoms with Crippen molar-refractivity contribution in [3.63, 3.8) is 0 Å². The molecular weight excluding hydrogens is 364 g/mol. The lowest BCUT2D eigenvalue weighted by Gasteiger charge is -2.29. The first-order chi connectivity index (χ1) is 14.0. The van der Waals surface area contributed by atoms with Crippen LogP contribution in [0.25, 0.3) is 0 Å². The molecule has 29 heavy (non-hydrogen) atoms. The first-order valence-electron chi connectivity index (χ1n) is 10.3. The minimum atomic E-state index is -0.133. The fraction of sp³-hybridized carbons (Fsp3) is 0.435. The summed E-state index contributed by atoms with van der Waals surface area (Å²) in [6, 6.07) is 11.9. The van der Waals surface area contributed by atoms with Crippen molar-refractivity contribution in [3.8, 4) is 0 Å². The second-order valence-corrected chi connectivity index (χ2v) is 7.59. The molecule has 6 heteroatoms. The summed E-state index contributed by atoms with van der Waals surface area (Å²) in [6.45, 7) is 4.31. The van der Waals surface area contributed by atoms with Crippen molar-refractivity contribution in [2.24, 2.45) is 0 Å². The normalized spacial score (nSPS) is 13.8. The van der Waals surface area contributed by atoms with Crippen molar-refractivity contribution in [1.29, 1.82) is 0 Å². The highest BCUT2D eigenvalue weighted by Gasteiger charge is 2.19. The molecule has 1 fully saturated rings. The van der Waals surface area contributed by atoms with Crippen LogP contribution in [0.5, 0.6) is 0 Å². The molecule has 0 aliphatic carbocycles. The van der Waals surface area contributed by atoms with Crippen molar-refractivity contribution >= 4 is 23.2 Å². The molecule has 0 N–H and O–H groups in total. The van der Waals surface area contributed by atoms with Gasteiger partial charge in [0, 0.05) is 57.4 Å². The highest BCUT2D eigenvalue weighted by Crippen LogP contribution is 2.24. The van der Waals surface area contributed by atoms with Crippen molar-refractivity contribution in [3.05, 3.63) is 54.4 Å². The van der Waals surface area contributed by atoms with Gasteiger partial charge in [0.2, 0.25) is 11.8 Å². The summed E-state index contributed by atoms with van der Waals surface area (Å²) in [7, 11) is 1.78. The van der Waals surface area contributed by atoms with E-state index < -0.39 is 0 Å². The third kappa shape index (κ3) is 5.79. The Balaban J connectivity index is 1.60. The number of likely N-dealkylation sites (N-methyl/N-ethyl adjacent to an activating group) is 1. The summed E-state index contributed by atoms with van der Waals surface area (Å²) in [5.41, 5.74) is 3.07. The predicted molar refractivity (Wildman–Crippen MR) is 116 cm³/mol. The molecule has 2 aromatic rings.